The molecular weight excluding hydrogens is 268 g/mol. The van der Waals surface area contributed by atoms with Gasteiger partial charge in [-0.05, 0) is 29.7 Å². The van der Waals surface area contributed by atoms with Crippen molar-refractivity contribution in [3.63, 3.8) is 0 Å². The average molecular weight is 282 g/mol. The first-order valence-electron chi connectivity index (χ1n) is 4.18. The van der Waals surface area contributed by atoms with Crippen molar-refractivity contribution in [2.75, 3.05) is 0 Å². The summed E-state index contributed by atoms with van der Waals surface area (Å²) in [4.78, 5) is 0.681. The van der Waals surface area contributed by atoms with Gasteiger partial charge in [-0.25, -0.2) is 0 Å². The molecule has 0 saturated carbocycles. The summed E-state index contributed by atoms with van der Waals surface area (Å²) in [5.41, 5.74) is 0. The van der Waals surface area contributed by atoms with Crippen molar-refractivity contribution in [2.24, 2.45) is 5.92 Å². The third-order valence-electron chi connectivity index (χ3n) is 2.06. The number of hydrogen-bond donors (Lipinski definition) is 0. The Morgan fingerprint density at radius 2 is 2.18 bits per heavy atom. The minimum atomic E-state index is 0.681. The molecule has 11 heavy (non-hydrogen) atoms. The summed E-state index contributed by atoms with van der Waals surface area (Å²) in [5.74, 6) is 0.754. The molecule has 0 bridgehead atoms. The van der Waals surface area contributed by atoms with Crippen LogP contribution in [0.2, 0.25) is 0 Å². The lowest BCUT2D eigenvalue weighted by atomic mass is 9.98. The highest BCUT2D eigenvalue weighted by molar-refractivity contribution is 9.12. The molecule has 1 aliphatic carbocycles. The molecule has 1 aliphatic rings. The van der Waals surface area contributed by atoms with E-state index in [0.29, 0.717) is 4.83 Å². The van der Waals surface area contributed by atoms with Gasteiger partial charge >= 0.3 is 0 Å². The van der Waals surface area contributed by atoms with E-state index in [1.54, 1.807) is 0 Å². The molecule has 0 nitrogen and oxygen atoms in total. The highest BCUT2D eigenvalue weighted by atomic mass is 79.9. The SMILES string of the molecule is CC1C=C(Br)CC(Br)CCC1. The molecule has 64 valence electrons. The van der Waals surface area contributed by atoms with Crippen LogP contribution in [0, 0.1) is 5.92 Å². The van der Waals surface area contributed by atoms with Crippen molar-refractivity contribution >= 4 is 31.9 Å². The Morgan fingerprint density at radius 1 is 1.45 bits per heavy atom. The summed E-state index contributed by atoms with van der Waals surface area (Å²) in [6.45, 7) is 2.29. The second-order valence-corrected chi connectivity index (χ2v) is 5.64. The fourth-order valence-electron chi connectivity index (χ4n) is 1.44. The molecule has 1 rings (SSSR count). The molecule has 0 aromatic carbocycles. The second kappa shape index (κ2) is 4.66. The minimum Gasteiger partial charge on any atom is -0.0887 e. The largest absolute Gasteiger partial charge is 0.0887 e. The van der Waals surface area contributed by atoms with E-state index < -0.39 is 0 Å². The smallest absolute Gasteiger partial charge is 0.0191 e. The van der Waals surface area contributed by atoms with Gasteiger partial charge in [-0.1, -0.05) is 51.3 Å². The molecule has 0 amide bonds. The first kappa shape index (κ1) is 9.79. The normalized spacial score (nSPS) is 33.9. The third kappa shape index (κ3) is 3.75. The summed E-state index contributed by atoms with van der Waals surface area (Å²) >= 11 is 7.25. The van der Waals surface area contributed by atoms with Gasteiger partial charge in [-0.2, -0.15) is 0 Å². The van der Waals surface area contributed by atoms with Crippen molar-refractivity contribution in [1.29, 1.82) is 0 Å². The van der Waals surface area contributed by atoms with Crippen molar-refractivity contribution in [3.8, 4) is 0 Å². The molecular formula is C9H14Br2. The molecule has 0 aromatic heterocycles. The van der Waals surface area contributed by atoms with E-state index >= 15 is 0 Å². The van der Waals surface area contributed by atoms with Crippen LogP contribution in [0.3, 0.4) is 0 Å². The van der Waals surface area contributed by atoms with Crippen LogP contribution in [0.1, 0.15) is 32.6 Å². The van der Waals surface area contributed by atoms with Gasteiger partial charge in [-0.15, -0.1) is 0 Å². The zero-order valence-electron chi connectivity index (χ0n) is 6.82. The predicted octanol–water partition coefficient (Wildman–Crippen LogP) is 4.24. The maximum atomic E-state index is 3.66. The van der Waals surface area contributed by atoms with Crippen molar-refractivity contribution in [2.45, 2.75) is 37.4 Å². The summed E-state index contributed by atoms with van der Waals surface area (Å²) in [6, 6.07) is 0. The summed E-state index contributed by atoms with van der Waals surface area (Å²) in [5, 5.41) is 0. The number of rotatable bonds is 0. The molecule has 0 spiro atoms. The van der Waals surface area contributed by atoms with Gasteiger partial charge in [0, 0.05) is 4.83 Å². The first-order valence-corrected chi connectivity index (χ1v) is 5.89. The Hall–Kier alpha value is 0.700. The third-order valence-corrected chi connectivity index (χ3v) is 3.43. The fraction of sp³-hybridized carbons (Fsp3) is 0.778. The maximum absolute atomic E-state index is 3.66. The monoisotopic (exact) mass is 280 g/mol. The molecule has 0 N–H and O–H groups in total. The molecule has 2 atom stereocenters. The van der Waals surface area contributed by atoms with Gasteiger partial charge in [0.1, 0.15) is 0 Å². The zero-order valence-corrected chi connectivity index (χ0v) is 9.99. The first-order chi connectivity index (χ1) is 5.18. The molecule has 2 heteroatoms. The van der Waals surface area contributed by atoms with Crippen LogP contribution in [-0.2, 0) is 0 Å². The van der Waals surface area contributed by atoms with Gasteiger partial charge in [0.05, 0.1) is 0 Å². The van der Waals surface area contributed by atoms with Crippen LogP contribution < -0.4 is 0 Å². The Morgan fingerprint density at radius 3 is 2.91 bits per heavy atom. The Bertz CT molecular complexity index is 152. The molecule has 0 radical (unpaired) electrons. The van der Waals surface area contributed by atoms with Crippen LogP contribution >= 0.6 is 31.9 Å². The zero-order chi connectivity index (χ0) is 8.27. The summed E-state index contributed by atoms with van der Waals surface area (Å²) in [6.07, 6.45) is 7.50. The number of hydrogen-bond acceptors (Lipinski definition) is 0. The van der Waals surface area contributed by atoms with E-state index in [1.165, 1.54) is 23.7 Å². The number of alkyl halides is 1. The highest BCUT2D eigenvalue weighted by Crippen LogP contribution is 2.28. The Balaban J connectivity index is 2.54. The van der Waals surface area contributed by atoms with E-state index in [1.807, 2.05) is 0 Å². The lowest BCUT2D eigenvalue weighted by Crippen LogP contribution is -2.03. The van der Waals surface area contributed by atoms with E-state index in [-0.39, 0.29) is 0 Å². The van der Waals surface area contributed by atoms with Crippen LogP contribution in [0.25, 0.3) is 0 Å². The van der Waals surface area contributed by atoms with E-state index in [4.69, 9.17) is 0 Å². The van der Waals surface area contributed by atoms with Crippen molar-refractivity contribution in [1.82, 2.24) is 0 Å². The Kier molecular flexibility index (Phi) is 4.14. The van der Waals surface area contributed by atoms with Crippen molar-refractivity contribution < 1.29 is 0 Å². The number of halogens is 2. The molecule has 2 unspecified atom stereocenters. The highest BCUT2D eigenvalue weighted by Gasteiger charge is 2.11. The number of allylic oxidation sites excluding steroid dienone is 2. The summed E-state index contributed by atoms with van der Waals surface area (Å²) in [7, 11) is 0. The van der Waals surface area contributed by atoms with Gasteiger partial charge in [0.15, 0.2) is 0 Å². The van der Waals surface area contributed by atoms with Crippen molar-refractivity contribution in [3.05, 3.63) is 10.6 Å². The van der Waals surface area contributed by atoms with Gasteiger partial charge in [-0.3, -0.25) is 0 Å². The van der Waals surface area contributed by atoms with Crippen LogP contribution in [0.4, 0.5) is 0 Å². The second-order valence-electron chi connectivity index (χ2n) is 3.32. The standard InChI is InChI=1S/C9H14Br2/c1-7-3-2-4-8(10)6-9(11)5-7/h5,7-8H,2-4,6H2,1H3. The fourth-order valence-corrected chi connectivity index (χ4v) is 3.38. The van der Waals surface area contributed by atoms with Gasteiger partial charge in [0.2, 0.25) is 0 Å². The van der Waals surface area contributed by atoms with Crippen LogP contribution in [0.15, 0.2) is 10.6 Å². The van der Waals surface area contributed by atoms with E-state index in [9.17, 15) is 0 Å². The molecule has 0 fully saturated rings. The molecule has 0 aliphatic heterocycles. The molecule has 0 saturated heterocycles. The van der Waals surface area contributed by atoms with Crippen LogP contribution in [-0.4, -0.2) is 4.83 Å². The van der Waals surface area contributed by atoms with E-state index in [0.717, 1.165) is 12.3 Å². The average Bonchev–Trinajstić information content (AvgIpc) is 1.83. The minimum absolute atomic E-state index is 0.681. The molecule has 0 heterocycles. The predicted molar refractivity (Wildman–Crippen MR) is 57.4 cm³/mol. The lowest BCUT2D eigenvalue weighted by Gasteiger charge is -2.15. The van der Waals surface area contributed by atoms with E-state index in [2.05, 4.69) is 44.9 Å². The van der Waals surface area contributed by atoms with Gasteiger partial charge < -0.3 is 0 Å². The van der Waals surface area contributed by atoms with Crippen LogP contribution in [0.5, 0.6) is 0 Å². The topological polar surface area (TPSA) is 0 Å². The quantitative estimate of drug-likeness (QED) is 0.583. The maximum Gasteiger partial charge on any atom is 0.0191 e. The summed E-state index contributed by atoms with van der Waals surface area (Å²) < 4.78 is 1.37. The Labute approximate surface area is 85.7 Å². The molecule has 0 aromatic rings. The lowest BCUT2D eigenvalue weighted by molar-refractivity contribution is 0.559. The van der Waals surface area contributed by atoms with Gasteiger partial charge in [0.25, 0.3) is 0 Å².